The highest BCUT2D eigenvalue weighted by Crippen LogP contribution is 2.19. The lowest BCUT2D eigenvalue weighted by Gasteiger charge is -2.24. The molecule has 0 atom stereocenters. The fourth-order valence-corrected chi connectivity index (χ4v) is 3.39. The SMILES string of the molecule is CCOC(=O)c1ccc(C)c(S(=O)(=O)NC(C)(C)CN)c1.Cl. The first-order valence-corrected chi connectivity index (χ1v) is 8.13. The van der Waals surface area contributed by atoms with Gasteiger partial charge in [0.2, 0.25) is 10.0 Å². The Bertz CT molecular complexity index is 630. The molecule has 0 amide bonds. The largest absolute Gasteiger partial charge is 0.462 e. The molecule has 3 N–H and O–H groups in total. The fourth-order valence-electron chi connectivity index (χ4n) is 1.69. The van der Waals surface area contributed by atoms with Gasteiger partial charge in [0.25, 0.3) is 0 Å². The number of benzene rings is 1. The van der Waals surface area contributed by atoms with Crippen LogP contribution in [-0.4, -0.2) is 33.1 Å². The van der Waals surface area contributed by atoms with Crippen LogP contribution in [0.1, 0.15) is 36.7 Å². The highest BCUT2D eigenvalue weighted by atomic mass is 35.5. The molecule has 0 radical (unpaired) electrons. The first kappa shape index (κ1) is 20.9. The molecule has 1 aromatic carbocycles. The maximum absolute atomic E-state index is 12.4. The summed E-state index contributed by atoms with van der Waals surface area (Å²) in [5.41, 5.74) is 5.52. The van der Waals surface area contributed by atoms with E-state index in [2.05, 4.69) is 4.72 Å². The molecule has 0 aliphatic heterocycles. The summed E-state index contributed by atoms with van der Waals surface area (Å²) < 4.78 is 32.3. The number of hydrogen-bond donors (Lipinski definition) is 2. The Morgan fingerprint density at radius 1 is 1.36 bits per heavy atom. The van der Waals surface area contributed by atoms with Gasteiger partial charge >= 0.3 is 5.97 Å². The van der Waals surface area contributed by atoms with Gasteiger partial charge in [-0.05, 0) is 45.4 Å². The van der Waals surface area contributed by atoms with Crippen molar-refractivity contribution in [3.8, 4) is 0 Å². The summed E-state index contributed by atoms with van der Waals surface area (Å²) in [6, 6.07) is 4.44. The lowest BCUT2D eigenvalue weighted by Crippen LogP contribution is -2.48. The second-order valence-corrected chi connectivity index (χ2v) is 7.05. The van der Waals surface area contributed by atoms with Crippen molar-refractivity contribution in [2.24, 2.45) is 5.73 Å². The molecule has 6 nitrogen and oxygen atoms in total. The second kappa shape index (κ2) is 7.92. The van der Waals surface area contributed by atoms with Gasteiger partial charge in [-0.2, -0.15) is 0 Å². The third-order valence-electron chi connectivity index (χ3n) is 2.91. The Labute approximate surface area is 137 Å². The third kappa shape index (κ3) is 5.24. The second-order valence-electron chi connectivity index (χ2n) is 5.39. The van der Waals surface area contributed by atoms with Crippen LogP contribution in [0, 0.1) is 6.92 Å². The molecule has 0 aliphatic rings. The molecule has 0 aromatic heterocycles. The van der Waals surface area contributed by atoms with E-state index in [-0.39, 0.29) is 36.0 Å². The molecule has 0 unspecified atom stereocenters. The molecule has 22 heavy (non-hydrogen) atoms. The van der Waals surface area contributed by atoms with Gasteiger partial charge in [0.05, 0.1) is 17.1 Å². The molecule has 0 bridgehead atoms. The van der Waals surface area contributed by atoms with E-state index in [9.17, 15) is 13.2 Å². The summed E-state index contributed by atoms with van der Waals surface area (Å²) in [6.45, 7) is 7.12. The van der Waals surface area contributed by atoms with Crippen molar-refractivity contribution in [1.29, 1.82) is 0 Å². The van der Waals surface area contributed by atoms with Gasteiger partial charge < -0.3 is 10.5 Å². The minimum atomic E-state index is -3.77. The van der Waals surface area contributed by atoms with Crippen LogP contribution < -0.4 is 10.5 Å². The molecule has 8 heteroatoms. The minimum absolute atomic E-state index is 0. The topological polar surface area (TPSA) is 98.5 Å². The van der Waals surface area contributed by atoms with Gasteiger partial charge in [0.15, 0.2) is 0 Å². The normalized spacial score (nSPS) is 11.7. The molecule has 126 valence electrons. The first-order chi connectivity index (χ1) is 9.63. The summed E-state index contributed by atoms with van der Waals surface area (Å²) in [7, 11) is -3.77. The Morgan fingerprint density at radius 3 is 2.45 bits per heavy atom. The van der Waals surface area contributed by atoms with Crippen LogP contribution in [0.3, 0.4) is 0 Å². The number of hydrogen-bond acceptors (Lipinski definition) is 5. The number of esters is 1. The quantitative estimate of drug-likeness (QED) is 0.759. The smallest absolute Gasteiger partial charge is 0.338 e. The van der Waals surface area contributed by atoms with Gasteiger partial charge in [-0.25, -0.2) is 17.9 Å². The summed E-state index contributed by atoms with van der Waals surface area (Å²) in [4.78, 5) is 11.8. The number of carbonyl (C=O) groups excluding carboxylic acids is 1. The van der Waals surface area contributed by atoms with E-state index in [4.69, 9.17) is 10.5 Å². The van der Waals surface area contributed by atoms with Gasteiger partial charge in [-0.1, -0.05) is 6.07 Å². The highest BCUT2D eigenvalue weighted by molar-refractivity contribution is 7.89. The highest BCUT2D eigenvalue weighted by Gasteiger charge is 2.27. The summed E-state index contributed by atoms with van der Waals surface area (Å²) in [5.74, 6) is -0.549. The van der Waals surface area contributed by atoms with Crippen LogP contribution in [0.5, 0.6) is 0 Å². The molecular formula is C14H23ClN2O4S. The maximum Gasteiger partial charge on any atom is 0.338 e. The first-order valence-electron chi connectivity index (χ1n) is 6.65. The van der Waals surface area contributed by atoms with Gasteiger partial charge in [0, 0.05) is 12.1 Å². The fraction of sp³-hybridized carbons (Fsp3) is 0.500. The van der Waals surface area contributed by atoms with Crippen LogP contribution in [0.2, 0.25) is 0 Å². The van der Waals surface area contributed by atoms with Crippen molar-refractivity contribution in [2.45, 2.75) is 38.1 Å². The van der Waals surface area contributed by atoms with Crippen molar-refractivity contribution in [3.63, 3.8) is 0 Å². The van der Waals surface area contributed by atoms with E-state index in [0.29, 0.717) is 5.56 Å². The van der Waals surface area contributed by atoms with E-state index in [1.807, 2.05) is 0 Å². The molecule has 0 heterocycles. The predicted octanol–water partition coefficient (Wildman–Crippen LogP) is 1.61. The van der Waals surface area contributed by atoms with E-state index in [0.717, 1.165) is 0 Å². The van der Waals surface area contributed by atoms with Crippen LogP contribution >= 0.6 is 12.4 Å². The average molecular weight is 351 g/mol. The zero-order valence-corrected chi connectivity index (χ0v) is 14.8. The number of aryl methyl sites for hydroxylation is 1. The Balaban J connectivity index is 0.00000441. The van der Waals surface area contributed by atoms with Crippen LogP contribution in [0.15, 0.2) is 23.1 Å². The number of ether oxygens (including phenoxy) is 1. The molecule has 1 aromatic rings. The summed E-state index contributed by atoms with van der Waals surface area (Å²) >= 11 is 0. The lowest BCUT2D eigenvalue weighted by atomic mass is 10.1. The van der Waals surface area contributed by atoms with E-state index < -0.39 is 21.5 Å². The van der Waals surface area contributed by atoms with Gasteiger partial charge in [-0.3, -0.25) is 0 Å². The maximum atomic E-state index is 12.4. The molecule has 0 saturated carbocycles. The Hall–Kier alpha value is -1.15. The van der Waals surface area contributed by atoms with Crippen LogP contribution in [0.25, 0.3) is 0 Å². The van der Waals surface area contributed by atoms with Crippen LogP contribution in [-0.2, 0) is 14.8 Å². The zero-order chi connectivity index (χ0) is 16.3. The van der Waals surface area contributed by atoms with Crippen molar-refractivity contribution < 1.29 is 17.9 Å². The van der Waals surface area contributed by atoms with Crippen molar-refractivity contribution in [3.05, 3.63) is 29.3 Å². The Kier molecular flexibility index (Phi) is 7.50. The summed E-state index contributed by atoms with van der Waals surface area (Å²) in [5, 5.41) is 0. The number of carbonyl (C=O) groups is 1. The number of rotatable bonds is 6. The zero-order valence-electron chi connectivity index (χ0n) is 13.2. The molecule has 0 fully saturated rings. The Morgan fingerprint density at radius 2 is 1.95 bits per heavy atom. The molecular weight excluding hydrogens is 328 g/mol. The van der Waals surface area contributed by atoms with Crippen LogP contribution in [0.4, 0.5) is 0 Å². The van der Waals surface area contributed by atoms with Crippen molar-refractivity contribution in [1.82, 2.24) is 4.72 Å². The van der Waals surface area contributed by atoms with E-state index in [1.165, 1.54) is 6.07 Å². The van der Waals surface area contributed by atoms with Crippen molar-refractivity contribution >= 4 is 28.4 Å². The van der Waals surface area contributed by atoms with Crippen molar-refractivity contribution in [2.75, 3.05) is 13.2 Å². The number of sulfonamides is 1. The van der Waals surface area contributed by atoms with E-state index in [1.54, 1.807) is 39.8 Å². The van der Waals surface area contributed by atoms with Gasteiger partial charge in [-0.15, -0.1) is 12.4 Å². The monoisotopic (exact) mass is 350 g/mol. The number of nitrogens with one attached hydrogen (secondary N) is 1. The standard InChI is InChI=1S/C14H22N2O4S.ClH/c1-5-20-13(17)11-7-6-10(2)12(8-11)21(18,19)16-14(3,4)9-15;/h6-8,16H,5,9,15H2,1-4H3;1H. The third-order valence-corrected chi connectivity index (χ3v) is 4.75. The summed E-state index contributed by atoms with van der Waals surface area (Å²) in [6.07, 6.45) is 0. The van der Waals surface area contributed by atoms with E-state index >= 15 is 0 Å². The minimum Gasteiger partial charge on any atom is -0.462 e. The molecule has 0 saturated heterocycles. The molecule has 0 spiro atoms. The molecule has 0 aliphatic carbocycles. The van der Waals surface area contributed by atoms with Gasteiger partial charge in [0.1, 0.15) is 0 Å². The molecule has 1 rings (SSSR count). The average Bonchev–Trinajstić information content (AvgIpc) is 2.38. The number of nitrogens with two attached hydrogens (primary N) is 1. The number of halogens is 1. The lowest BCUT2D eigenvalue weighted by molar-refractivity contribution is 0.0526. The predicted molar refractivity (Wildman–Crippen MR) is 87.8 cm³/mol.